The Morgan fingerprint density at radius 1 is 1.33 bits per heavy atom. The van der Waals surface area contributed by atoms with Crippen LogP contribution < -0.4 is 25.4 Å². The van der Waals surface area contributed by atoms with E-state index in [2.05, 4.69) is 20.5 Å². The zero-order valence-electron chi connectivity index (χ0n) is 12.5. The molecule has 21 heavy (non-hydrogen) atoms. The summed E-state index contributed by atoms with van der Waals surface area (Å²) in [6.07, 6.45) is 1.91. The fraction of sp³-hybridized carbons (Fsp3) is 0.500. The van der Waals surface area contributed by atoms with E-state index in [0.717, 1.165) is 32.0 Å². The molecular formula is C14H23N5O2+2. The monoisotopic (exact) mass is 293 g/mol. The number of imide groups is 1. The number of aromatic nitrogens is 1. The second-order valence-corrected chi connectivity index (χ2v) is 5.18. The Hall–Kier alpha value is -2.15. The second-order valence-electron chi connectivity index (χ2n) is 5.18. The maximum Gasteiger partial charge on any atom is 0.321 e. The fourth-order valence-corrected chi connectivity index (χ4v) is 2.52. The molecule has 1 aromatic heterocycles. The van der Waals surface area contributed by atoms with E-state index < -0.39 is 6.03 Å². The van der Waals surface area contributed by atoms with Gasteiger partial charge in [-0.25, -0.2) is 9.78 Å². The normalized spacial score (nSPS) is 17.1. The zero-order chi connectivity index (χ0) is 15.2. The van der Waals surface area contributed by atoms with Crippen LogP contribution in [0, 0.1) is 0 Å². The zero-order valence-corrected chi connectivity index (χ0v) is 12.5. The van der Waals surface area contributed by atoms with Gasteiger partial charge in [-0.1, -0.05) is 6.07 Å². The summed E-state index contributed by atoms with van der Waals surface area (Å²) in [5, 5.41) is 4.73. The van der Waals surface area contributed by atoms with E-state index in [1.165, 1.54) is 11.9 Å². The number of nitrogens with one attached hydrogen (secondary N) is 4. The van der Waals surface area contributed by atoms with E-state index in [0.29, 0.717) is 0 Å². The van der Waals surface area contributed by atoms with Crippen LogP contribution in [-0.4, -0.2) is 51.2 Å². The smallest absolute Gasteiger partial charge is 0.321 e. The third-order valence-corrected chi connectivity index (χ3v) is 3.91. The summed E-state index contributed by atoms with van der Waals surface area (Å²) < 4.78 is 0. The predicted molar refractivity (Wildman–Crippen MR) is 78.0 cm³/mol. The maximum atomic E-state index is 12.0. The minimum Gasteiger partial charge on any atom is -0.341 e. The van der Waals surface area contributed by atoms with E-state index in [9.17, 15) is 9.59 Å². The summed E-state index contributed by atoms with van der Waals surface area (Å²) in [7, 11) is 1.50. The summed E-state index contributed by atoms with van der Waals surface area (Å²) in [6.45, 7) is 5.36. The Morgan fingerprint density at radius 3 is 2.62 bits per heavy atom. The number of hydrogen-bond acceptors (Lipinski definition) is 3. The highest BCUT2D eigenvalue weighted by molar-refractivity contribution is 5.96. The molecule has 2 heterocycles. The molecule has 0 radical (unpaired) electrons. The highest BCUT2D eigenvalue weighted by Crippen LogP contribution is 2.04. The molecule has 2 rings (SSSR count). The first kappa shape index (κ1) is 15.2. The summed E-state index contributed by atoms with van der Waals surface area (Å²) in [4.78, 5) is 29.8. The van der Waals surface area contributed by atoms with Crippen molar-refractivity contribution < 1.29 is 19.5 Å². The number of urea groups is 1. The van der Waals surface area contributed by atoms with Gasteiger partial charge in [-0.15, -0.1) is 0 Å². The van der Waals surface area contributed by atoms with Crippen molar-refractivity contribution in [3.8, 4) is 0 Å². The van der Waals surface area contributed by atoms with Crippen molar-refractivity contribution >= 4 is 17.8 Å². The quantitative estimate of drug-likeness (QED) is 0.606. The van der Waals surface area contributed by atoms with Gasteiger partial charge in [0.05, 0.1) is 6.20 Å². The molecule has 1 saturated heterocycles. The van der Waals surface area contributed by atoms with Crippen LogP contribution in [0.2, 0.25) is 0 Å². The largest absolute Gasteiger partial charge is 0.341 e. The molecule has 1 fully saturated rings. The Bertz CT molecular complexity index is 485. The predicted octanol–water partition coefficient (Wildman–Crippen LogP) is -1.95. The van der Waals surface area contributed by atoms with Crippen LogP contribution in [0.5, 0.6) is 0 Å². The van der Waals surface area contributed by atoms with E-state index in [1.807, 2.05) is 31.3 Å². The number of piperazine rings is 1. The number of carbonyl (C=O) groups is 2. The molecule has 0 aromatic carbocycles. The minimum atomic E-state index is -0.455. The lowest BCUT2D eigenvalue weighted by molar-refractivity contribution is -0.914. The van der Waals surface area contributed by atoms with Crippen molar-refractivity contribution in [1.82, 2.24) is 10.6 Å². The summed E-state index contributed by atoms with van der Waals surface area (Å²) in [5.41, 5.74) is 0. The molecule has 1 aliphatic rings. The highest BCUT2D eigenvalue weighted by Gasteiger charge is 2.32. The van der Waals surface area contributed by atoms with E-state index in [4.69, 9.17) is 0 Å². The third kappa shape index (κ3) is 3.91. The van der Waals surface area contributed by atoms with Crippen molar-refractivity contribution in [3.05, 3.63) is 24.4 Å². The van der Waals surface area contributed by atoms with Crippen molar-refractivity contribution in [2.75, 3.05) is 38.1 Å². The van der Waals surface area contributed by atoms with E-state index in [1.54, 1.807) is 0 Å². The van der Waals surface area contributed by atoms with Crippen LogP contribution in [0.25, 0.3) is 0 Å². The Labute approximate surface area is 124 Å². The molecule has 3 amide bonds. The number of carbonyl (C=O) groups excluding carboxylic acids is 2. The van der Waals surface area contributed by atoms with Gasteiger partial charge in [-0.05, 0) is 13.0 Å². The second kappa shape index (κ2) is 7.03. The first-order valence-corrected chi connectivity index (χ1v) is 7.20. The Morgan fingerprint density at radius 2 is 2.05 bits per heavy atom. The van der Waals surface area contributed by atoms with Crippen molar-refractivity contribution in [2.45, 2.75) is 13.0 Å². The minimum absolute atomic E-state index is 0.232. The standard InChI is InChI=1S/C14H21N5O2/c1-11(13(20)17-14(21)15-2)18-7-9-19(10-8-18)12-5-3-4-6-16-12/h3-6,11H,7-10H2,1-2H3,(H2,15,17,20,21)/p+2/t11-/m0/s1. The first-order valence-electron chi connectivity index (χ1n) is 7.20. The van der Waals surface area contributed by atoms with Crippen LogP contribution in [0.1, 0.15) is 6.92 Å². The van der Waals surface area contributed by atoms with Gasteiger partial charge >= 0.3 is 6.03 Å². The lowest BCUT2D eigenvalue weighted by Crippen LogP contribution is -3.19. The molecule has 0 aliphatic carbocycles. The van der Waals surface area contributed by atoms with Crippen molar-refractivity contribution in [1.29, 1.82) is 0 Å². The number of nitrogens with zero attached hydrogens (tertiary/aromatic N) is 1. The van der Waals surface area contributed by atoms with Crippen LogP contribution in [0.3, 0.4) is 0 Å². The molecule has 0 saturated carbocycles. The lowest BCUT2D eigenvalue weighted by Gasteiger charge is -2.31. The Balaban J connectivity index is 1.86. The number of aromatic amines is 1. The SMILES string of the molecule is CNC(=O)NC(=O)[C@H](C)[NH+]1CCN(c2cccc[nH+]2)CC1. The fourth-order valence-electron chi connectivity index (χ4n) is 2.52. The van der Waals surface area contributed by atoms with Gasteiger partial charge in [0.15, 0.2) is 6.04 Å². The van der Waals surface area contributed by atoms with Crippen LogP contribution in [0.15, 0.2) is 24.4 Å². The van der Waals surface area contributed by atoms with Crippen molar-refractivity contribution in [3.63, 3.8) is 0 Å². The number of amides is 3. The average Bonchev–Trinajstić information content (AvgIpc) is 2.55. The molecular weight excluding hydrogens is 270 g/mol. The number of H-pyrrole nitrogens is 1. The van der Waals surface area contributed by atoms with E-state index in [-0.39, 0.29) is 11.9 Å². The lowest BCUT2D eigenvalue weighted by atomic mass is 10.2. The van der Waals surface area contributed by atoms with Gasteiger partial charge in [0.25, 0.3) is 11.7 Å². The first-order chi connectivity index (χ1) is 10.1. The molecule has 0 unspecified atom stereocenters. The maximum absolute atomic E-state index is 12.0. The van der Waals surface area contributed by atoms with Gasteiger partial charge in [0.1, 0.15) is 26.2 Å². The molecule has 0 spiro atoms. The third-order valence-electron chi connectivity index (χ3n) is 3.91. The number of hydrogen-bond donors (Lipinski definition) is 3. The van der Waals surface area contributed by atoms with Gasteiger partial charge in [-0.3, -0.25) is 15.0 Å². The molecule has 4 N–H and O–H groups in total. The van der Waals surface area contributed by atoms with Crippen LogP contribution in [-0.2, 0) is 4.79 Å². The number of anilines is 1. The average molecular weight is 293 g/mol. The van der Waals surface area contributed by atoms with Gasteiger partial charge < -0.3 is 10.2 Å². The summed E-state index contributed by atoms with van der Waals surface area (Å²) >= 11 is 0. The molecule has 1 atom stereocenters. The molecule has 1 aliphatic heterocycles. The van der Waals surface area contributed by atoms with E-state index >= 15 is 0 Å². The molecule has 114 valence electrons. The molecule has 7 heteroatoms. The van der Waals surface area contributed by atoms with Gasteiger partial charge in [0, 0.05) is 13.1 Å². The van der Waals surface area contributed by atoms with Crippen molar-refractivity contribution in [2.24, 2.45) is 0 Å². The molecule has 1 aromatic rings. The molecule has 0 bridgehead atoms. The number of quaternary nitrogens is 1. The number of rotatable bonds is 3. The van der Waals surface area contributed by atoms with Crippen LogP contribution in [0.4, 0.5) is 10.6 Å². The number of pyridine rings is 1. The van der Waals surface area contributed by atoms with Crippen LogP contribution >= 0.6 is 0 Å². The Kier molecular flexibility index (Phi) is 5.10. The summed E-state index contributed by atoms with van der Waals surface area (Å²) in [5.74, 6) is 0.864. The highest BCUT2D eigenvalue weighted by atomic mass is 16.2. The topological polar surface area (TPSA) is 80.0 Å². The molecule has 7 nitrogen and oxygen atoms in total. The summed E-state index contributed by atoms with van der Waals surface area (Å²) in [6, 6.07) is 5.32. The van der Waals surface area contributed by atoms with Gasteiger partial charge in [0.2, 0.25) is 0 Å². The van der Waals surface area contributed by atoms with Gasteiger partial charge in [-0.2, -0.15) is 0 Å².